The molecule has 6 nitrogen and oxygen atoms in total. The van der Waals surface area contributed by atoms with Crippen molar-refractivity contribution in [2.24, 2.45) is 4.99 Å². The van der Waals surface area contributed by atoms with Gasteiger partial charge in [0.1, 0.15) is 5.69 Å². The van der Waals surface area contributed by atoms with E-state index in [0.717, 1.165) is 26.0 Å². The van der Waals surface area contributed by atoms with Gasteiger partial charge in [0.25, 0.3) is 5.69 Å². The van der Waals surface area contributed by atoms with Gasteiger partial charge in [-0.15, -0.1) is 11.3 Å². The first kappa shape index (κ1) is 22.9. The third-order valence-electron chi connectivity index (χ3n) is 5.24. The van der Waals surface area contributed by atoms with Crippen LogP contribution in [0.3, 0.4) is 0 Å². The molecule has 0 aliphatic heterocycles. The molecule has 8 heteroatoms. The second-order valence-electron chi connectivity index (χ2n) is 8.01. The first-order chi connectivity index (χ1) is 15.8. The Morgan fingerprint density at radius 1 is 1.12 bits per heavy atom. The predicted octanol–water partition coefficient (Wildman–Crippen LogP) is 6.93. The van der Waals surface area contributed by atoms with Crippen LogP contribution >= 0.6 is 23.1 Å². The highest BCUT2D eigenvalue weighted by Crippen LogP contribution is 2.34. The van der Waals surface area contributed by atoms with Crippen LogP contribution in [-0.2, 0) is 5.75 Å². The SMILES string of the molecule is Cc1ccc(CSc2nc3ccc(N=Cc4ccc(N(C)C)c([N+](=O)[O-])c4)cc3s2)c(C)c1. The predicted molar refractivity (Wildman–Crippen MR) is 140 cm³/mol. The number of hydrogen-bond donors (Lipinski definition) is 0. The molecule has 168 valence electrons. The number of benzene rings is 3. The summed E-state index contributed by atoms with van der Waals surface area (Å²) in [6.45, 7) is 4.26. The van der Waals surface area contributed by atoms with Gasteiger partial charge in [0, 0.05) is 32.1 Å². The number of aliphatic imine (C=N–C) groups is 1. The number of thiazole rings is 1. The zero-order valence-corrected chi connectivity index (χ0v) is 20.5. The third kappa shape index (κ3) is 5.40. The van der Waals surface area contributed by atoms with Crippen LogP contribution in [0.25, 0.3) is 10.2 Å². The van der Waals surface area contributed by atoms with E-state index in [1.54, 1.807) is 60.4 Å². The fourth-order valence-corrected chi connectivity index (χ4v) is 5.65. The van der Waals surface area contributed by atoms with Gasteiger partial charge in [-0.3, -0.25) is 15.1 Å². The number of aryl methyl sites for hydroxylation is 2. The highest BCUT2D eigenvalue weighted by molar-refractivity contribution is 8.00. The number of rotatable bonds is 7. The fraction of sp³-hybridized carbons (Fsp3) is 0.200. The quantitative estimate of drug-likeness (QED) is 0.125. The summed E-state index contributed by atoms with van der Waals surface area (Å²) in [4.78, 5) is 22.0. The smallest absolute Gasteiger partial charge is 0.293 e. The van der Waals surface area contributed by atoms with Crippen LogP contribution in [-0.4, -0.2) is 30.2 Å². The first-order valence-electron chi connectivity index (χ1n) is 10.4. The summed E-state index contributed by atoms with van der Waals surface area (Å²) in [6.07, 6.45) is 1.66. The Morgan fingerprint density at radius 3 is 2.67 bits per heavy atom. The first-order valence-corrected chi connectivity index (χ1v) is 12.2. The summed E-state index contributed by atoms with van der Waals surface area (Å²) in [7, 11) is 3.57. The van der Waals surface area contributed by atoms with E-state index in [-0.39, 0.29) is 10.6 Å². The lowest BCUT2D eigenvalue weighted by atomic mass is 10.1. The van der Waals surface area contributed by atoms with Crippen molar-refractivity contribution in [3.63, 3.8) is 0 Å². The van der Waals surface area contributed by atoms with E-state index in [4.69, 9.17) is 4.98 Å². The zero-order valence-electron chi connectivity index (χ0n) is 18.9. The van der Waals surface area contributed by atoms with Gasteiger partial charge in [0.2, 0.25) is 0 Å². The Kier molecular flexibility index (Phi) is 6.76. The van der Waals surface area contributed by atoms with Crippen LogP contribution in [0.2, 0.25) is 0 Å². The molecule has 33 heavy (non-hydrogen) atoms. The van der Waals surface area contributed by atoms with E-state index in [1.165, 1.54) is 16.7 Å². The number of anilines is 1. The Labute approximate surface area is 201 Å². The maximum Gasteiger partial charge on any atom is 0.293 e. The monoisotopic (exact) mass is 476 g/mol. The molecule has 4 aromatic rings. The number of nitro benzene ring substituents is 1. The van der Waals surface area contributed by atoms with Crippen LogP contribution in [0.5, 0.6) is 0 Å². The molecular formula is C25H24N4O2S2. The Morgan fingerprint density at radius 2 is 1.94 bits per heavy atom. The van der Waals surface area contributed by atoms with E-state index >= 15 is 0 Å². The van der Waals surface area contributed by atoms with Crippen molar-refractivity contribution in [3.8, 4) is 0 Å². The maximum absolute atomic E-state index is 11.4. The number of nitrogens with zero attached hydrogens (tertiary/aromatic N) is 4. The van der Waals surface area contributed by atoms with Gasteiger partial charge in [0.15, 0.2) is 4.34 Å². The van der Waals surface area contributed by atoms with Crippen LogP contribution in [0.4, 0.5) is 17.1 Å². The minimum atomic E-state index is -0.368. The van der Waals surface area contributed by atoms with E-state index < -0.39 is 0 Å². The van der Waals surface area contributed by atoms with Crippen molar-refractivity contribution < 1.29 is 4.92 Å². The average Bonchev–Trinajstić information content (AvgIpc) is 3.19. The van der Waals surface area contributed by atoms with Crippen molar-refractivity contribution >= 4 is 56.6 Å². The molecule has 0 aliphatic rings. The van der Waals surface area contributed by atoms with Crippen molar-refractivity contribution in [1.29, 1.82) is 0 Å². The average molecular weight is 477 g/mol. The molecule has 0 amide bonds. The topological polar surface area (TPSA) is 71.6 Å². The van der Waals surface area contributed by atoms with Gasteiger partial charge < -0.3 is 4.90 Å². The number of nitro groups is 1. The Hall–Kier alpha value is -3.23. The third-order valence-corrected chi connectivity index (χ3v) is 7.45. The van der Waals surface area contributed by atoms with Gasteiger partial charge in [0.05, 0.1) is 20.8 Å². The summed E-state index contributed by atoms with van der Waals surface area (Å²) in [5.74, 6) is 0.888. The number of thioether (sulfide) groups is 1. The molecule has 0 bridgehead atoms. The zero-order chi connectivity index (χ0) is 23.5. The van der Waals surface area contributed by atoms with E-state index in [2.05, 4.69) is 37.0 Å². The van der Waals surface area contributed by atoms with Crippen LogP contribution < -0.4 is 4.90 Å². The molecule has 0 radical (unpaired) electrons. The van der Waals surface area contributed by atoms with E-state index in [0.29, 0.717) is 11.3 Å². The molecule has 0 aliphatic carbocycles. The molecule has 0 atom stereocenters. The summed E-state index contributed by atoms with van der Waals surface area (Å²) in [6, 6.07) is 17.6. The molecule has 0 saturated heterocycles. The second-order valence-corrected chi connectivity index (χ2v) is 10.3. The molecule has 0 fully saturated rings. The van der Waals surface area contributed by atoms with E-state index in [1.807, 2.05) is 24.3 Å². The Balaban J connectivity index is 1.51. The molecular weight excluding hydrogens is 452 g/mol. The van der Waals surface area contributed by atoms with E-state index in [9.17, 15) is 10.1 Å². The van der Waals surface area contributed by atoms with Crippen LogP contribution in [0.1, 0.15) is 22.3 Å². The minimum absolute atomic E-state index is 0.0624. The van der Waals surface area contributed by atoms with Crippen LogP contribution in [0.15, 0.2) is 63.9 Å². The number of hydrogen-bond acceptors (Lipinski definition) is 7. The molecule has 0 spiro atoms. The Bertz CT molecular complexity index is 1360. The summed E-state index contributed by atoms with van der Waals surface area (Å²) in [5.41, 5.74) is 6.95. The second kappa shape index (κ2) is 9.72. The normalized spacial score (nSPS) is 11.4. The molecule has 0 N–H and O–H groups in total. The minimum Gasteiger partial charge on any atom is -0.372 e. The van der Waals surface area contributed by atoms with Gasteiger partial charge in [-0.05, 0) is 54.8 Å². The lowest BCUT2D eigenvalue weighted by molar-refractivity contribution is -0.384. The van der Waals surface area contributed by atoms with Crippen LogP contribution in [0, 0.1) is 24.0 Å². The molecule has 0 unspecified atom stereocenters. The molecule has 0 saturated carbocycles. The van der Waals surface area contributed by atoms with Gasteiger partial charge in [-0.1, -0.05) is 41.6 Å². The molecule has 4 rings (SSSR count). The highest BCUT2D eigenvalue weighted by atomic mass is 32.2. The standard InChI is InChI=1S/C25H24N4O2S2/c1-16-5-7-19(17(2)11-16)15-32-25-27-21-9-8-20(13-24(21)33-25)26-14-18-6-10-22(28(3)4)23(12-18)29(30)31/h5-14H,15H2,1-4H3. The lowest BCUT2D eigenvalue weighted by Crippen LogP contribution is -2.11. The van der Waals surface area contributed by atoms with Crippen molar-refractivity contribution in [2.45, 2.75) is 23.9 Å². The largest absolute Gasteiger partial charge is 0.372 e. The van der Waals surface area contributed by atoms with Crippen molar-refractivity contribution in [1.82, 2.24) is 4.98 Å². The number of aromatic nitrogens is 1. The van der Waals surface area contributed by atoms with Gasteiger partial charge >= 0.3 is 0 Å². The maximum atomic E-state index is 11.4. The van der Waals surface area contributed by atoms with Crippen molar-refractivity contribution in [3.05, 3.63) is 87.0 Å². The number of fused-ring (bicyclic) bond motifs is 1. The summed E-state index contributed by atoms with van der Waals surface area (Å²) < 4.78 is 2.10. The lowest BCUT2D eigenvalue weighted by Gasteiger charge is -2.12. The highest BCUT2D eigenvalue weighted by Gasteiger charge is 2.15. The molecule has 3 aromatic carbocycles. The fourth-order valence-electron chi connectivity index (χ4n) is 3.48. The van der Waals surface area contributed by atoms with Crippen molar-refractivity contribution in [2.75, 3.05) is 19.0 Å². The molecule has 1 heterocycles. The summed E-state index contributed by atoms with van der Waals surface area (Å²) >= 11 is 3.40. The molecule has 1 aromatic heterocycles. The van der Waals surface area contributed by atoms with Gasteiger partial charge in [-0.25, -0.2) is 4.98 Å². The summed E-state index contributed by atoms with van der Waals surface area (Å²) in [5, 5.41) is 11.4. The van der Waals surface area contributed by atoms with Gasteiger partial charge in [-0.2, -0.15) is 0 Å².